The molecule has 0 bridgehead atoms. The lowest BCUT2D eigenvalue weighted by atomic mass is 10.1. The van der Waals surface area contributed by atoms with Gasteiger partial charge < -0.3 is 0 Å². The van der Waals surface area contributed by atoms with Gasteiger partial charge in [0.15, 0.2) is 11.6 Å². The zero-order valence-electron chi connectivity index (χ0n) is 10.4. The molecule has 0 aliphatic rings. The smallest absolute Gasteiger partial charge is 0.159 e. The van der Waals surface area contributed by atoms with Crippen LogP contribution in [0.15, 0.2) is 18.2 Å². The summed E-state index contributed by atoms with van der Waals surface area (Å²) < 4.78 is 40.1. The standard InChI is InChI=1S/C12H17F2NOS/c1-8(15-17(16)12(2,3)4)9-5-6-10(13)11(14)7-9/h5-8,15H,1-4H3/t8-,17-/m0/s1. The van der Waals surface area contributed by atoms with Gasteiger partial charge in [-0.3, -0.25) is 0 Å². The molecule has 0 spiro atoms. The van der Waals surface area contributed by atoms with Crippen LogP contribution in [0.2, 0.25) is 0 Å². The van der Waals surface area contributed by atoms with Crippen LogP contribution in [0.1, 0.15) is 39.3 Å². The highest BCUT2D eigenvalue weighted by molar-refractivity contribution is 7.84. The lowest BCUT2D eigenvalue weighted by Gasteiger charge is -2.22. The molecular formula is C12H17F2NOS. The predicted octanol–water partition coefficient (Wildman–Crippen LogP) is 3.08. The summed E-state index contributed by atoms with van der Waals surface area (Å²) >= 11 is 0. The molecule has 0 saturated carbocycles. The molecule has 0 fully saturated rings. The second kappa shape index (κ2) is 5.23. The quantitative estimate of drug-likeness (QED) is 0.890. The molecule has 1 aromatic rings. The predicted molar refractivity (Wildman–Crippen MR) is 65.8 cm³/mol. The van der Waals surface area contributed by atoms with Gasteiger partial charge in [0, 0.05) is 6.04 Å². The molecule has 0 aliphatic carbocycles. The molecule has 1 rings (SSSR count). The first-order chi connectivity index (χ1) is 7.71. The Morgan fingerprint density at radius 2 is 1.82 bits per heavy atom. The van der Waals surface area contributed by atoms with Crippen LogP contribution in [-0.4, -0.2) is 8.96 Å². The van der Waals surface area contributed by atoms with Crippen molar-refractivity contribution < 1.29 is 13.0 Å². The minimum atomic E-state index is -1.25. The van der Waals surface area contributed by atoms with Crippen molar-refractivity contribution in [2.45, 2.75) is 38.5 Å². The third-order valence-electron chi connectivity index (χ3n) is 2.28. The minimum absolute atomic E-state index is 0.301. The van der Waals surface area contributed by atoms with E-state index in [0.29, 0.717) is 5.56 Å². The first kappa shape index (κ1) is 14.3. The van der Waals surface area contributed by atoms with Crippen molar-refractivity contribution in [3.8, 4) is 0 Å². The average molecular weight is 261 g/mol. The van der Waals surface area contributed by atoms with E-state index in [1.54, 1.807) is 6.92 Å². The summed E-state index contributed by atoms with van der Waals surface area (Å²) in [5, 5.41) is 0. The van der Waals surface area contributed by atoms with Gasteiger partial charge in [0.25, 0.3) is 0 Å². The highest BCUT2D eigenvalue weighted by Gasteiger charge is 2.22. The highest BCUT2D eigenvalue weighted by atomic mass is 32.2. The number of benzene rings is 1. The van der Waals surface area contributed by atoms with Crippen LogP contribution in [-0.2, 0) is 11.0 Å². The molecule has 0 saturated heterocycles. The Bertz CT molecular complexity index is 429. The van der Waals surface area contributed by atoms with Crippen LogP contribution in [0, 0.1) is 11.6 Å². The molecule has 0 heterocycles. The summed E-state index contributed by atoms with van der Waals surface area (Å²) in [6.45, 7) is 7.28. The first-order valence-electron chi connectivity index (χ1n) is 5.35. The molecular weight excluding hydrogens is 244 g/mol. The van der Waals surface area contributed by atoms with Crippen LogP contribution in [0.4, 0.5) is 8.78 Å². The fourth-order valence-electron chi connectivity index (χ4n) is 1.19. The summed E-state index contributed by atoms with van der Waals surface area (Å²) in [5.41, 5.74) is 0.571. The van der Waals surface area contributed by atoms with E-state index in [9.17, 15) is 13.0 Å². The van der Waals surface area contributed by atoms with Gasteiger partial charge in [0.2, 0.25) is 0 Å². The summed E-state index contributed by atoms with van der Waals surface area (Å²) in [6, 6.07) is 3.37. The Labute approximate surface area is 103 Å². The summed E-state index contributed by atoms with van der Waals surface area (Å²) in [4.78, 5) is 0. The molecule has 0 unspecified atom stereocenters. The van der Waals surface area contributed by atoms with Crippen molar-refractivity contribution in [3.05, 3.63) is 35.4 Å². The highest BCUT2D eigenvalue weighted by Crippen LogP contribution is 2.18. The molecule has 5 heteroatoms. The van der Waals surface area contributed by atoms with E-state index in [1.165, 1.54) is 6.07 Å². The number of hydrogen-bond donors (Lipinski definition) is 1. The molecule has 0 radical (unpaired) electrons. The molecule has 1 aromatic carbocycles. The van der Waals surface area contributed by atoms with E-state index < -0.39 is 27.4 Å². The zero-order chi connectivity index (χ0) is 13.2. The number of hydrogen-bond acceptors (Lipinski definition) is 1. The van der Waals surface area contributed by atoms with Crippen molar-refractivity contribution in [2.75, 3.05) is 0 Å². The molecule has 1 N–H and O–H groups in total. The second-order valence-electron chi connectivity index (χ2n) is 4.89. The summed E-state index contributed by atoms with van der Waals surface area (Å²) in [6.07, 6.45) is 0. The lowest BCUT2D eigenvalue weighted by Crippen LogP contribution is -2.34. The normalized spacial score (nSPS) is 15.6. The van der Waals surface area contributed by atoms with Gasteiger partial charge in [0.1, 0.15) is 0 Å². The van der Waals surface area contributed by atoms with Crippen LogP contribution in [0.5, 0.6) is 0 Å². The third-order valence-corrected chi connectivity index (χ3v) is 3.96. The largest absolute Gasteiger partial charge is 0.242 e. The third kappa shape index (κ3) is 3.85. The van der Waals surface area contributed by atoms with E-state index in [0.717, 1.165) is 12.1 Å². The van der Waals surface area contributed by atoms with Gasteiger partial charge >= 0.3 is 0 Å². The average Bonchev–Trinajstić information content (AvgIpc) is 2.20. The van der Waals surface area contributed by atoms with Crippen molar-refractivity contribution in [2.24, 2.45) is 0 Å². The van der Waals surface area contributed by atoms with Crippen LogP contribution >= 0.6 is 0 Å². The molecule has 0 amide bonds. The maximum atomic E-state index is 13.0. The fraction of sp³-hybridized carbons (Fsp3) is 0.500. The number of rotatable bonds is 3. The van der Waals surface area contributed by atoms with Gasteiger partial charge in [-0.15, -0.1) is 0 Å². The van der Waals surface area contributed by atoms with Crippen molar-refractivity contribution in [1.82, 2.24) is 4.72 Å². The van der Waals surface area contributed by atoms with E-state index in [2.05, 4.69) is 4.72 Å². The Morgan fingerprint density at radius 3 is 2.29 bits per heavy atom. The van der Waals surface area contributed by atoms with E-state index in [4.69, 9.17) is 0 Å². The Morgan fingerprint density at radius 1 is 1.24 bits per heavy atom. The monoisotopic (exact) mass is 261 g/mol. The van der Waals surface area contributed by atoms with E-state index in [-0.39, 0.29) is 6.04 Å². The topological polar surface area (TPSA) is 29.1 Å². The lowest BCUT2D eigenvalue weighted by molar-refractivity contribution is 0.505. The SMILES string of the molecule is C[C@H](N[S@@](=O)C(C)(C)C)c1ccc(F)c(F)c1. The zero-order valence-corrected chi connectivity index (χ0v) is 11.2. The van der Waals surface area contributed by atoms with Gasteiger partial charge in [-0.05, 0) is 45.4 Å². The maximum absolute atomic E-state index is 13.0. The van der Waals surface area contributed by atoms with Crippen LogP contribution in [0.25, 0.3) is 0 Å². The van der Waals surface area contributed by atoms with Gasteiger partial charge in [0.05, 0.1) is 15.7 Å². The molecule has 0 aromatic heterocycles. The summed E-state index contributed by atoms with van der Waals surface area (Å²) in [5.74, 6) is -1.77. The number of nitrogens with one attached hydrogen (secondary N) is 1. The van der Waals surface area contributed by atoms with Crippen LogP contribution < -0.4 is 4.72 Å². The molecule has 2 atom stereocenters. The fourth-order valence-corrected chi connectivity index (χ4v) is 2.00. The van der Waals surface area contributed by atoms with E-state index >= 15 is 0 Å². The van der Waals surface area contributed by atoms with Gasteiger partial charge in [-0.25, -0.2) is 17.7 Å². The Kier molecular flexibility index (Phi) is 4.38. The van der Waals surface area contributed by atoms with Gasteiger partial charge in [-0.1, -0.05) is 6.07 Å². The molecule has 17 heavy (non-hydrogen) atoms. The minimum Gasteiger partial charge on any atom is -0.242 e. The second-order valence-corrected chi connectivity index (χ2v) is 6.89. The maximum Gasteiger partial charge on any atom is 0.159 e. The van der Waals surface area contributed by atoms with Crippen LogP contribution in [0.3, 0.4) is 0 Å². The Hall–Kier alpha value is -0.810. The number of halogens is 2. The first-order valence-corrected chi connectivity index (χ1v) is 6.50. The summed E-state index contributed by atoms with van der Waals surface area (Å²) in [7, 11) is -1.25. The van der Waals surface area contributed by atoms with Gasteiger partial charge in [-0.2, -0.15) is 0 Å². The Balaban J connectivity index is 2.80. The molecule has 0 aliphatic heterocycles. The van der Waals surface area contributed by atoms with E-state index in [1.807, 2.05) is 20.8 Å². The molecule has 2 nitrogen and oxygen atoms in total. The van der Waals surface area contributed by atoms with Crippen molar-refractivity contribution >= 4 is 11.0 Å². The molecule has 96 valence electrons. The van der Waals surface area contributed by atoms with Crippen molar-refractivity contribution in [1.29, 1.82) is 0 Å². The van der Waals surface area contributed by atoms with Crippen molar-refractivity contribution in [3.63, 3.8) is 0 Å².